The Hall–Kier alpha value is -3.84. The molecular formula is C27H25N5O2. The van der Waals surface area contributed by atoms with Gasteiger partial charge in [0.25, 0.3) is 5.56 Å². The number of fused-ring (bicyclic) bond motifs is 3. The zero-order chi connectivity index (χ0) is 23.1. The van der Waals surface area contributed by atoms with Crippen molar-refractivity contribution in [2.24, 2.45) is 0 Å². The monoisotopic (exact) mass is 451 g/mol. The van der Waals surface area contributed by atoms with Crippen molar-refractivity contribution in [2.75, 3.05) is 0 Å². The van der Waals surface area contributed by atoms with E-state index in [0.29, 0.717) is 23.7 Å². The van der Waals surface area contributed by atoms with E-state index < -0.39 is 6.10 Å². The van der Waals surface area contributed by atoms with Crippen LogP contribution in [0.3, 0.4) is 0 Å². The van der Waals surface area contributed by atoms with Gasteiger partial charge in [-0.15, -0.1) is 0 Å². The van der Waals surface area contributed by atoms with Crippen molar-refractivity contribution < 1.29 is 5.11 Å². The van der Waals surface area contributed by atoms with Gasteiger partial charge in [0.1, 0.15) is 5.52 Å². The molecule has 3 aromatic heterocycles. The normalized spacial score (nSPS) is 18.5. The van der Waals surface area contributed by atoms with E-state index in [-0.39, 0.29) is 11.6 Å². The van der Waals surface area contributed by atoms with E-state index in [0.717, 1.165) is 47.0 Å². The number of aromatic nitrogens is 5. The van der Waals surface area contributed by atoms with Crippen LogP contribution in [0.1, 0.15) is 42.9 Å². The molecule has 0 aliphatic heterocycles. The molecule has 1 saturated carbocycles. The molecule has 2 atom stereocenters. The highest BCUT2D eigenvalue weighted by molar-refractivity contribution is 6.04. The largest absolute Gasteiger partial charge is 0.391 e. The molecule has 1 aliphatic rings. The van der Waals surface area contributed by atoms with Crippen molar-refractivity contribution >= 4 is 21.8 Å². The molecule has 0 unspecified atom stereocenters. The summed E-state index contributed by atoms with van der Waals surface area (Å²) in [4.78, 5) is 22.8. The molecule has 0 spiro atoms. The third-order valence-corrected chi connectivity index (χ3v) is 6.88. The fraction of sp³-hybridized carbons (Fsp3) is 0.259. The fourth-order valence-corrected chi connectivity index (χ4v) is 5.11. The van der Waals surface area contributed by atoms with Gasteiger partial charge in [-0.2, -0.15) is 5.10 Å². The van der Waals surface area contributed by atoms with Crippen LogP contribution in [0, 0.1) is 0 Å². The van der Waals surface area contributed by atoms with Gasteiger partial charge >= 0.3 is 0 Å². The van der Waals surface area contributed by atoms with Crippen LogP contribution in [0.25, 0.3) is 27.5 Å². The summed E-state index contributed by atoms with van der Waals surface area (Å²) >= 11 is 0. The van der Waals surface area contributed by atoms with Gasteiger partial charge in [0.2, 0.25) is 0 Å². The lowest BCUT2D eigenvalue weighted by atomic mass is 9.92. The molecular weight excluding hydrogens is 426 g/mol. The van der Waals surface area contributed by atoms with Crippen LogP contribution in [0.5, 0.6) is 0 Å². The van der Waals surface area contributed by atoms with E-state index in [2.05, 4.69) is 27.2 Å². The quantitative estimate of drug-likeness (QED) is 0.414. The van der Waals surface area contributed by atoms with Crippen molar-refractivity contribution in [3.8, 4) is 5.69 Å². The minimum atomic E-state index is -0.517. The van der Waals surface area contributed by atoms with Crippen molar-refractivity contribution in [1.82, 2.24) is 24.3 Å². The van der Waals surface area contributed by atoms with Gasteiger partial charge in [-0.25, -0.2) is 9.67 Å². The minimum Gasteiger partial charge on any atom is -0.391 e. The van der Waals surface area contributed by atoms with Gasteiger partial charge in [-0.05, 0) is 60.7 Å². The van der Waals surface area contributed by atoms with Gasteiger partial charge < -0.3 is 5.11 Å². The Bertz CT molecular complexity index is 1520. The van der Waals surface area contributed by atoms with Crippen LogP contribution in [0.15, 0.2) is 78.2 Å². The molecule has 3 heterocycles. The van der Waals surface area contributed by atoms with Crippen LogP contribution >= 0.6 is 0 Å². The minimum absolute atomic E-state index is 0.112. The first kappa shape index (κ1) is 20.7. The van der Waals surface area contributed by atoms with Crippen LogP contribution in [-0.4, -0.2) is 35.5 Å². The Morgan fingerprint density at radius 1 is 0.941 bits per heavy atom. The zero-order valence-electron chi connectivity index (χ0n) is 18.7. The van der Waals surface area contributed by atoms with E-state index >= 15 is 0 Å². The number of aliphatic hydroxyl groups is 1. The first-order valence-corrected chi connectivity index (χ1v) is 11.7. The second-order valence-electron chi connectivity index (χ2n) is 9.00. The molecule has 0 radical (unpaired) electrons. The summed E-state index contributed by atoms with van der Waals surface area (Å²) in [6.07, 6.45) is 10.7. The van der Waals surface area contributed by atoms with Crippen LogP contribution in [0.4, 0.5) is 0 Å². The lowest BCUT2D eigenvalue weighted by Crippen LogP contribution is -2.34. The number of pyridine rings is 1. The molecule has 0 amide bonds. The fourth-order valence-electron chi connectivity index (χ4n) is 5.11. The first-order valence-electron chi connectivity index (χ1n) is 11.7. The second kappa shape index (κ2) is 8.50. The van der Waals surface area contributed by atoms with Crippen molar-refractivity contribution in [3.05, 3.63) is 94.9 Å². The zero-order valence-corrected chi connectivity index (χ0v) is 18.7. The van der Waals surface area contributed by atoms with Crippen molar-refractivity contribution in [3.63, 3.8) is 0 Å². The molecule has 2 aromatic carbocycles. The summed E-state index contributed by atoms with van der Waals surface area (Å²) in [6, 6.07) is 15.8. The van der Waals surface area contributed by atoms with Gasteiger partial charge in [0.05, 0.1) is 35.1 Å². The summed E-state index contributed by atoms with van der Waals surface area (Å²) in [5.74, 6) is 0. The highest BCUT2D eigenvalue weighted by Crippen LogP contribution is 2.30. The first-order chi connectivity index (χ1) is 16.7. The molecule has 0 saturated heterocycles. The summed E-state index contributed by atoms with van der Waals surface area (Å²) in [6.45, 7) is 0. The molecule has 7 heteroatoms. The highest BCUT2D eigenvalue weighted by atomic mass is 16.3. The Morgan fingerprint density at radius 2 is 1.76 bits per heavy atom. The number of nitrogens with zero attached hydrogens (tertiary/aromatic N) is 5. The molecule has 170 valence electrons. The predicted molar refractivity (Wildman–Crippen MR) is 131 cm³/mol. The average Bonchev–Trinajstić information content (AvgIpc) is 3.41. The SMILES string of the molecule is O=c1c2cc(Cc3ccc(-n4cccn4)cc3)c3cccnc3c2ncn1[C@H]1CCCC[C@@H]1O. The molecule has 34 heavy (non-hydrogen) atoms. The molecule has 6 rings (SSSR count). The maximum Gasteiger partial charge on any atom is 0.261 e. The van der Waals surface area contributed by atoms with Gasteiger partial charge in [0, 0.05) is 24.0 Å². The summed E-state index contributed by atoms with van der Waals surface area (Å²) in [7, 11) is 0. The third kappa shape index (κ3) is 3.58. The average molecular weight is 452 g/mol. The van der Waals surface area contributed by atoms with Crippen molar-refractivity contribution in [2.45, 2.75) is 44.2 Å². The predicted octanol–water partition coefficient (Wildman–Crippen LogP) is 4.20. The van der Waals surface area contributed by atoms with Crippen LogP contribution in [-0.2, 0) is 6.42 Å². The van der Waals surface area contributed by atoms with Gasteiger partial charge in [0.15, 0.2) is 0 Å². The van der Waals surface area contributed by atoms with Crippen LogP contribution < -0.4 is 5.56 Å². The van der Waals surface area contributed by atoms with Gasteiger partial charge in [-0.3, -0.25) is 14.3 Å². The number of aliphatic hydroxyl groups excluding tert-OH is 1. The molecule has 0 bridgehead atoms. The Kier molecular flexibility index (Phi) is 5.19. The molecule has 1 aliphatic carbocycles. The molecule has 5 aromatic rings. The Balaban J connectivity index is 1.45. The van der Waals surface area contributed by atoms with Crippen molar-refractivity contribution in [1.29, 1.82) is 0 Å². The number of hydrogen-bond donors (Lipinski definition) is 1. The number of rotatable bonds is 4. The summed E-state index contributed by atoms with van der Waals surface area (Å²) in [5.41, 5.74) is 4.39. The number of hydrogen-bond acceptors (Lipinski definition) is 5. The maximum absolute atomic E-state index is 13.6. The number of benzene rings is 2. The highest BCUT2D eigenvalue weighted by Gasteiger charge is 2.26. The standard InChI is InChI=1S/C27H25N5O2/c33-24-7-2-1-6-23(24)31-17-29-26-22(27(31)34)16-19(21-5-3-12-28-25(21)26)15-18-8-10-20(11-9-18)32-14-4-13-30-32/h3-5,8-14,16-17,23-24,33H,1-2,6-7,15H2/t23-,24-/m0/s1. The van der Waals surface area contributed by atoms with E-state index in [9.17, 15) is 9.90 Å². The maximum atomic E-state index is 13.6. The third-order valence-electron chi connectivity index (χ3n) is 6.88. The van der Waals surface area contributed by atoms with E-state index in [1.54, 1.807) is 23.3 Å². The van der Waals surface area contributed by atoms with E-state index in [4.69, 9.17) is 0 Å². The topological polar surface area (TPSA) is 85.8 Å². The van der Waals surface area contributed by atoms with E-state index in [1.807, 2.05) is 47.3 Å². The van der Waals surface area contributed by atoms with Gasteiger partial charge in [-0.1, -0.05) is 31.0 Å². The Labute approximate surface area is 196 Å². The molecule has 1 N–H and O–H groups in total. The second-order valence-corrected chi connectivity index (χ2v) is 9.00. The smallest absolute Gasteiger partial charge is 0.261 e. The lowest BCUT2D eigenvalue weighted by molar-refractivity contribution is 0.0735. The summed E-state index contributed by atoms with van der Waals surface area (Å²) in [5, 5.41) is 16.4. The molecule has 1 fully saturated rings. The van der Waals surface area contributed by atoms with Crippen LogP contribution in [0.2, 0.25) is 0 Å². The van der Waals surface area contributed by atoms with E-state index in [1.165, 1.54) is 0 Å². The lowest BCUT2D eigenvalue weighted by Gasteiger charge is -2.29. The Morgan fingerprint density at radius 3 is 2.56 bits per heavy atom. The molecule has 7 nitrogen and oxygen atoms in total. The summed E-state index contributed by atoms with van der Waals surface area (Å²) < 4.78 is 3.45.